The van der Waals surface area contributed by atoms with Crippen LogP contribution in [0.25, 0.3) is 0 Å². The van der Waals surface area contributed by atoms with Gasteiger partial charge in [0.05, 0.1) is 6.61 Å². The number of hydrogen-bond acceptors (Lipinski definition) is 2. The average Bonchev–Trinajstić information content (AvgIpc) is 2.25. The summed E-state index contributed by atoms with van der Waals surface area (Å²) in [4.78, 5) is 0. The Kier molecular flexibility index (Phi) is 7.06. The lowest BCUT2D eigenvalue weighted by molar-refractivity contribution is 0.119. The van der Waals surface area contributed by atoms with Gasteiger partial charge in [0.2, 0.25) is 0 Å². The van der Waals surface area contributed by atoms with Gasteiger partial charge in [0, 0.05) is 19.2 Å². The first-order valence-electron chi connectivity index (χ1n) is 7.01. The highest BCUT2D eigenvalue weighted by Crippen LogP contribution is 2.23. The lowest BCUT2D eigenvalue weighted by Gasteiger charge is -2.29. The standard InChI is InChI=1S/C14H29NO/c1-12(2)8-10-16-11-9-15-14-7-5-4-6-13(14)3/h12-15H,4-11H2,1-3H3. The first kappa shape index (κ1) is 14.0. The minimum absolute atomic E-state index is 0.738. The predicted octanol–water partition coefficient (Wildman–Crippen LogP) is 3.22. The molecule has 2 heteroatoms. The van der Waals surface area contributed by atoms with Crippen molar-refractivity contribution in [3.05, 3.63) is 0 Å². The van der Waals surface area contributed by atoms with Gasteiger partial charge < -0.3 is 10.1 Å². The average molecular weight is 227 g/mol. The van der Waals surface area contributed by atoms with Crippen LogP contribution in [0.1, 0.15) is 52.9 Å². The van der Waals surface area contributed by atoms with Crippen molar-refractivity contribution in [3.8, 4) is 0 Å². The van der Waals surface area contributed by atoms with Crippen molar-refractivity contribution in [1.29, 1.82) is 0 Å². The van der Waals surface area contributed by atoms with Crippen molar-refractivity contribution in [2.75, 3.05) is 19.8 Å². The molecule has 16 heavy (non-hydrogen) atoms. The second kappa shape index (κ2) is 8.08. The first-order chi connectivity index (χ1) is 7.70. The molecule has 0 spiro atoms. The molecule has 2 atom stereocenters. The summed E-state index contributed by atoms with van der Waals surface area (Å²) in [5.74, 6) is 1.61. The van der Waals surface area contributed by atoms with Gasteiger partial charge in [-0.05, 0) is 31.1 Å². The molecule has 1 N–H and O–H groups in total. The molecule has 1 aliphatic rings. The molecule has 0 aromatic carbocycles. The highest BCUT2D eigenvalue weighted by atomic mass is 16.5. The first-order valence-corrected chi connectivity index (χ1v) is 7.01. The van der Waals surface area contributed by atoms with E-state index in [1.807, 2.05) is 0 Å². The lowest BCUT2D eigenvalue weighted by Crippen LogP contribution is -2.39. The van der Waals surface area contributed by atoms with Crippen LogP contribution in [0.3, 0.4) is 0 Å². The second-order valence-corrected chi connectivity index (χ2v) is 5.62. The van der Waals surface area contributed by atoms with Crippen molar-refractivity contribution < 1.29 is 4.74 Å². The minimum atomic E-state index is 0.738. The van der Waals surface area contributed by atoms with E-state index < -0.39 is 0 Å². The fraction of sp³-hybridized carbons (Fsp3) is 1.00. The Labute approximate surface area is 101 Å². The molecule has 0 saturated heterocycles. The summed E-state index contributed by atoms with van der Waals surface area (Å²) < 4.78 is 5.61. The minimum Gasteiger partial charge on any atom is -0.380 e. The van der Waals surface area contributed by atoms with Gasteiger partial charge >= 0.3 is 0 Å². The van der Waals surface area contributed by atoms with E-state index in [9.17, 15) is 0 Å². The molecule has 0 amide bonds. The zero-order chi connectivity index (χ0) is 11.8. The Balaban J connectivity index is 1.94. The Morgan fingerprint density at radius 2 is 1.94 bits per heavy atom. The normalized spacial score (nSPS) is 26.2. The van der Waals surface area contributed by atoms with Gasteiger partial charge in [0.1, 0.15) is 0 Å². The van der Waals surface area contributed by atoms with Crippen LogP contribution in [0.5, 0.6) is 0 Å². The van der Waals surface area contributed by atoms with Gasteiger partial charge in [-0.25, -0.2) is 0 Å². The summed E-state index contributed by atoms with van der Waals surface area (Å²) in [6.07, 6.45) is 6.75. The Bertz CT molecular complexity index is 170. The number of rotatable bonds is 7. The van der Waals surface area contributed by atoms with Crippen LogP contribution in [0.15, 0.2) is 0 Å². The van der Waals surface area contributed by atoms with E-state index in [1.54, 1.807) is 0 Å². The van der Waals surface area contributed by atoms with Crippen LogP contribution in [-0.2, 0) is 4.74 Å². The zero-order valence-corrected chi connectivity index (χ0v) is 11.3. The van der Waals surface area contributed by atoms with Crippen molar-refractivity contribution in [2.45, 2.75) is 58.9 Å². The van der Waals surface area contributed by atoms with Gasteiger partial charge in [0.25, 0.3) is 0 Å². The number of nitrogens with one attached hydrogen (secondary N) is 1. The van der Waals surface area contributed by atoms with E-state index in [-0.39, 0.29) is 0 Å². The Morgan fingerprint density at radius 3 is 2.62 bits per heavy atom. The summed E-state index contributed by atoms with van der Waals surface area (Å²) in [5.41, 5.74) is 0. The highest BCUT2D eigenvalue weighted by molar-refractivity contribution is 4.77. The molecular weight excluding hydrogens is 198 g/mol. The molecule has 1 rings (SSSR count). The maximum atomic E-state index is 5.61. The van der Waals surface area contributed by atoms with Crippen LogP contribution in [0, 0.1) is 11.8 Å². The monoisotopic (exact) mass is 227 g/mol. The van der Waals surface area contributed by atoms with Gasteiger partial charge in [-0.3, -0.25) is 0 Å². The third-order valence-electron chi connectivity index (χ3n) is 3.60. The third-order valence-corrected chi connectivity index (χ3v) is 3.60. The van der Waals surface area contributed by atoms with E-state index in [4.69, 9.17) is 4.74 Å². The second-order valence-electron chi connectivity index (χ2n) is 5.62. The molecule has 0 heterocycles. The molecule has 2 nitrogen and oxygen atoms in total. The van der Waals surface area contributed by atoms with Crippen LogP contribution in [0.4, 0.5) is 0 Å². The molecule has 0 aromatic rings. The molecule has 0 aromatic heterocycles. The number of ether oxygens (including phenoxy) is 1. The fourth-order valence-corrected chi connectivity index (χ4v) is 2.36. The van der Waals surface area contributed by atoms with E-state index in [0.29, 0.717) is 0 Å². The molecule has 2 unspecified atom stereocenters. The molecule has 1 saturated carbocycles. The summed E-state index contributed by atoms with van der Waals surface area (Å²) in [7, 11) is 0. The topological polar surface area (TPSA) is 21.3 Å². The molecule has 1 aliphatic carbocycles. The molecule has 96 valence electrons. The smallest absolute Gasteiger partial charge is 0.0591 e. The van der Waals surface area contributed by atoms with Gasteiger partial charge in [0.15, 0.2) is 0 Å². The van der Waals surface area contributed by atoms with Gasteiger partial charge in [-0.2, -0.15) is 0 Å². The van der Waals surface area contributed by atoms with E-state index in [2.05, 4.69) is 26.1 Å². The zero-order valence-electron chi connectivity index (χ0n) is 11.3. The summed E-state index contributed by atoms with van der Waals surface area (Å²) >= 11 is 0. The molecule has 0 aliphatic heterocycles. The van der Waals surface area contributed by atoms with Crippen molar-refractivity contribution in [1.82, 2.24) is 5.32 Å². The maximum absolute atomic E-state index is 5.61. The molecule has 0 bridgehead atoms. The van der Waals surface area contributed by atoms with Crippen molar-refractivity contribution >= 4 is 0 Å². The summed E-state index contributed by atoms with van der Waals surface area (Å²) in [6, 6.07) is 0.738. The molecule has 1 fully saturated rings. The fourth-order valence-electron chi connectivity index (χ4n) is 2.36. The Hall–Kier alpha value is -0.0800. The molecular formula is C14H29NO. The Morgan fingerprint density at radius 1 is 1.19 bits per heavy atom. The summed E-state index contributed by atoms with van der Waals surface area (Å²) in [5, 5.41) is 3.63. The van der Waals surface area contributed by atoms with Gasteiger partial charge in [-0.15, -0.1) is 0 Å². The van der Waals surface area contributed by atoms with E-state index in [1.165, 1.54) is 32.1 Å². The van der Waals surface area contributed by atoms with Crippen LogP contribution in [0.2, 0.25) is 0 Å². The third kappa shape index (κ3) is 5.86. The maximum Gasteiger partial charge on any atom is 0.0591 e. The van der Waals surface area contributed by atoms with Gasteiger partial charge in [-0.1, -0.05) is 33.6 Å². The van der Waals surface area contributed by atoms with Crippen molar-refractivity contribution in [2.24, 2.45) is 11.8 Å². The molecule has 0 radical (unpaired) electrons. The van der Waals surface area contributed by atoms with E-state index in [0.717, 1.165) is 37.6 Å². The van der Waals surface area contributed by atoms with Crippen LogP contribution < -0.4 is 5.32 Å². The van der Waals surface area contributed by atoms with Crippen LogP contribution in [-0.4, -0.2) is 25.8 Å². The predicted molar refractivity (Wildman–Crippen MR) is 69.7 cm³/mol. The number of hydrogen-bond donors (Lipinski definition) is 1. The SMILES string of the molecule is CC(C)CCOCCNC1CCCCC1C. The lowest BCUT2D eigenvalue weighted by atomic mass is 9.86. The largest absolute Gasteiger partial charge is 0.380 e. The van der Waals surface area contributed by atoms with E-state index >= 15 is 0 Å². The van der Waals surface area contributed by atoms with Crippen LogP contribution >= 0.6 is 0 Å². The highest BCUT2D eigenvalue weighted by Gasteiger charge is 2.19. The van der Waals surface area contributed by atoms with Crippen molar-refractivity contribution in [3.63, 3.8) is 0 Å². The quantitative estimate of drug-likeness (QED) is 0.674. The summed E-state index contributed by atoms with van der Waals surface area (Å²) in [6.45, 7) is 9.66.